The zero-order chi connectivity index (χ0) is 11.4. The van der Waals surface area contributed by atoms with Crippen molar-refractivity contribution in [2.24, 2.45) is 0 Å². The minimum absolute atomic E-state index is 0.0444. The second-order valence-electron chi connectivity index (χ2n) is 3.24. The highest BCUT2D eigenvalue weighted by Gasteiger charge is 1.98. The van der Waals surface area contributed by atoms with E-state index >= 15 is 0 Å². The lowest BCUT2D eigenvalue weighted by atomic mass is 10.1. The molecule has 2 N–H and O–H groups in total. The molecule has 0 amide bonds. The van der Waals surface area contributed by atoms with E-state index < -0.39 is 0 Å². The van der Waals surface area contributed by atoms with Crippen LogP contribution in [0.3, 0.4) is 0 Å². The smallest absolute Gasteiger partial charge is 0.258 e. The molecule has 2 aromatic rings. The number of aromatic amines is 1. The van der Waals surface area contributed by atoms with Crippen LogP contribution in [-0.2, 0) is 0 Å². The number of rotatable bonds is 1. The fourth-order valence-corrected chi connectivity index (χ4v) is 1.37. The van der Waals surface area contributed by atoms with Crippen molar-refractivity contribution in [3.05, 3.63) is 40.4 Å². The Kier molecular flexibility index (Phi) is 2.99. The lowest BCUT2D eigenvalue weighted by Crippen LogP contribution is -2.06. The van der Waals surface area contributed by atoms with E-state index in [9.17, 15) is 4.79 Å². The first kappa shape index (κ1) is 10.4. The number of fused-ring (bicyclic) bond motifs is 1. The maximum absolute atomic E-state index is 11.5. The summed E-state index contributed by atoms with van der Waals surface area (Å²) in [5.41, 5.74) is 1.23. The third-order valence-electron chi connectivity index (χ3n) is 2.11. The van der Waals surface area contributed by atoms with Gasteiger partial charge in [0.2, 0.25) is 0 Å². The lowest BCUT2D eigenvalue weighted by molar-refractivity contribution is 0.305. The number of nitrogens with one attached hydrogen (secondary N) is 1. The molecule has 0 atom stereocenters. The average molecular weight is 214 g/mol. The molecule has 16 heavy (non-hydrogen) atoms. The molecule has 4 heteroatoms. The first-order valence-electron chi connectivity index (χ1n) is 4.88. The molecule has 0 bridgehead atoms. The Morgan fingerprint density at radius 3 is 3.12 bits per heavy atom. The van der Waals surface area contributed by atoms with Crippen molar-refractivity contribution < 1.29 is 5.11 Å². The van der Waals surface area contributed by atoms with E-state index in [4.69, 9.17) is 5.11 Å². The van der Waals surface area contributed by atoms with Crippen LogP contribution in [0.5, 0.6) is 0 Å². The number of nitrogens with zero attached hydrogens (tertiary/aromatic N) is 1. The second kappa shape index (κ2) is 4.60. The van der Waals surface area contributed by atoms with Crippen molar-refractivity contribution in [2.45, 2.75) is 6.42 Å². The third-order valence-corrected chi connectivity index (χ3v) is 2.11. The van der Waals surface area contributed by atoms with Gasteiger partial charge >= 0.3 is 0 Å². The molecule has 0 saturated carbocycles. The van der Waals surface area contributed by atoms with Gasteiger partial charge in [0.05, 0.1) is 23.8 Å². The van der Waals surface area contributed by atoms with Crippen molar-refractivity contribution in [1.82, 2.24) is 9.97 Å². The van der Waals surface area contributed by atoms with Crippen LogP contribution in [0.15, 0.2) is 29.3 Å². The molecule has 80 valence electrons. The van der Waals surface area contributed by atoms with Crippen LogP contribution in [0.2, 0.25) is 0 Å². The predicted molar refractivity (Wildman–Crippen MR) is 60.9 cm³/mol. The van der Waals surface area contributed by atoms with Crippen LogP contribution in [0.4, 0.5) is 0 Å². The normalized spacial score (nSPS) is 9.81. The topological polar surface area (TPSA) is 66.0 Å². The van der Waals surface area contributed by atoms with Gasteiger partial charge in [-0.25, -0.2) is 4.98 Å². The highest BCUT2D eigenvalue weighted by molar-refractivity contribution is 5.78. The Hall–Kier alpha value is -2.12. The van der Waals surface area contributed by atoms with Gasteiger partial charge in [-0.1, -0.05) is 11.8 Å². The molecule has 0 fully saturated rings. The van der Waals surface area contributed by atoms with Crippen LogP contribution in [0.1, 0.15) is 12.0 Å². The Morgan fingerprint density at radius 2 is 2.31 bits per heavy atom. The van der Waals surface area contributed by atoms with Crippen molar-refractivity contribution >= 4 is 10.9 Å². The van der Waals surface area contributed by atoms with Crippen molar-refractivity contribution in [3.63, 3.8) is 0 Å². The lowest BCUT2D eigenvalue weighted by Gasteiger charge is -1.95. The highest BCUT2D eigenvalue weighted by atomic mass is 16.2. The summed E-state index contributed by atoms with van der Waals surface area (Å²) in [7, 11) is 0. The molecule has 0 spiro atoms. The van der Waals surface area contributed by atoms with Gasteiger partial charge in [0.1, 0.15) is 0 Å². The summed E-state index contributed by atoms with van der Waals surface area (Å²) in [6.45, 7) is 0.0444. The van der Waals surface area contributed by atoms with Crippen molar-refractivity contribution in [3.8, 4) is 11.8 Å². The number of H-pyrrole nitrogens is 1. The summed E-state index contributed by atoms with van der Waals surface area (Å²) >= 11 is 0. The van der Waals surface area contributed by atoms with E-state index in [1.807, 2.05) is 0 Å². The fourth-order valence-electron chi connectivity index (χ4n) is 1.37. The molecular weight excluding hydrogens is 204 g/mol. The first-order valence-corrected chi connectivity index (χ1v) is 4.88. The number of aromatic nitrogens is 2. The molecule has 0 aliphatic carbocycles. The number of aliphatic hydroxyl groups excluding tert-OH is 1. The fraction of sp³-hybridized carbons (Fsp3) is 0.167. The Bertz CT molecular complexity index is 620. The van der Waals surface area contributed by atoms with E-state index in [0.717, 1.165) is 5.56 Å². The van der Waals surface area contributed by atoms with E-state index in [1.54, 1.807) is 18.2 Å². The van der Waals surface area contributed by atoms with Crippen molar-refractivity contribution in [2.75, 3.05) is 6.61 Å². The average Bonchev–Trinajstić information content (AvgIpc) is 2.30. The molecule has 0 radical (unpaired) electrons. The van der Waals surface area contributed by atoms with E-state index in [-0.39, 0.29) is 12.2 Å². The number of benzene rings is 1. The maximum Gasteiger partial charge on any atom is 0.258 e. The van der Waals surface area contributed by atoms with E-state index in [0.29, 0.717) is 17.3 Å². The summed E-state index contributed by atoms with van der Waals surface area (Å²) in [5.74, 6) is 5.68. The summed E-state index contributed by atoms with van der Waals surface area (Å²) in [5, 5.41) is 9.12. The van der Waals surface area contributed by atoms with E-state index in [1.165, 1.54) is 6.33 Å². The number of hydrogen-bond acceptors (Lipinski definition) is 3. The van der Waals surface area contributed by atoms with Crippen LogP contribution < -0.4 is 5.56 Å². The van der Waals surface area contributed by atoms with Gasteiger partial charge in [0.15, 0.2) is 0 Å². The first-order chi connectivity index (χ1) is 7.81. The van der Waals surface area contributed by atoms with Gasteiger partial charge in [-0.2, -0.15) is 0 Å². The second-order valence-corrected chi connectivity index (χ2v) is 3.24. The molecule has 1 aromatic heterocycles. The minimum atomic E-state index is -0.171. The molecule has 0 unspecified atom stereocenters. The number of hydrogen-bond donors (Lipinski definition) is 2. The van der Waals surface area contributed by atoms with Gasteiger partial charge < -0.3 is 10.1 Å². The van der Waals surface area contributed by atoms with E-state index in [2.05, 4.69) is 21.8 Å². The van der Waals surface area contributed by atoms with Gasteiger partial charge in [0, 0.05) is 12.0 Å². The summed E-state index contributed by atoms with van der Waals surface area (Å²) in [6, 6.07) is 5.26. The molecule has 1 heterocycles. The molecule has 2 rings (SSSR count). The highest BCUT2D eigenvalue weighted by Crippen LogP contribution is 2.08. The van der Waals surface area contributed by atoms with Crippen LogP contribution >= 0.6 is 0 Å². The van der Waals surface area contributed by atoms with Crippen molar-refractivity contribution in [1.29, 1.82) is 0 Å². The molecule has 0 saturated heterocycles. The maximum atomic E-state index is 11.5. The van der Waals surface area contributed by atoms with Crippen LogP contribution in [0.25, 0.3) is 10.9 Å². The largest absolute Gasteiger partial charge is 0.395 e. The van der Waals surface area contributed by atoms with Gasteiger partial charge in [-0.3, -0.25) is 4.79 Å². The van der Waals surface area contributed by atoms with Crippen LogP contribution in [0, 0.1) is 11.8 Å². The van der Waals surface area contributed by atoms with Gasteiger partial charge in [-0.15, -0.1) is 0 Å². The molecule has 1 aromatic carbocycles. The Balaban J connectivity index is 2.49. The zero-order valence-electron chi connectivity index (χ0n) is 8.53. The standard InChI is InChI=1S/C12H10N2O2/c15-6-2-1-3-9-4-5-11-10(7-9)12(16)14-8-13-11/h4-5,7-8,15H,2,6H2,(H,13,14,16). The van der Waals surface area contributed by atoms with Gasteiger partial charge in [0.25, 0.3) is 5.56 Å². The predicted octanol–water partition coefficient (Wildman–Crippen LogP) is 0.657. The molecule has 0 aliphatic heterocycles. The summed E-state index contributed by atoms with van der Waals surface area (Å²) < 4.78 is 0. The van der Waals surface area contributed by atoms with Gasteiger partial charge in [-0.05, 0) is 18.2 Å². The monoisotopic (exact) mass is 214 g/mol. The molecule has 4 nitrogen and oxygen atoms in total. The molecule has 0 aliphatic rings. The third kappa shape index (κ3) is 2.10. The Labute approximate surface area is 92.0 Å². The molecular formula is C12H10N2O2. The minimum Gasteiger partial charge on any atom is -0.395 e. The van der Waals surface area contributed by atoms with Crippen LogP contribution in [-0.4, -0.2) is 21.7 Å². The quantitative estimate of drug-likeness (QED) is 0.685. The zero-order valence-corrected chi connectivity index (χ0v) is 8.53. The summed E-state index contributed by atoms with van der Waals surface area (Å²) in [4.78, 5) is 18.0. The Morgan fingerprint density at radius 1 is 1.44 bits per heavy atom. The SMILES string of the molecule is O=c1[nH]cnc2ccc(C#CCCO)cc12. The summed E-state index contributed by atoms with van der Waals surface area (Å²) in [6.07, 6.45) is 1.81. The number of aliphatic hydroxyl groups is 1.